The summed E-state index contributed by atoms with van der Waals surface area (Å²) in [5, 5.41) is 7.80. The average molecular weight is 320 g/mol. The molecule has 4 nitrogen and oxygen atoms in total. The Morgan fingerprint density at radius 2 is 2.23 bits per heavy atom. The summed E-state index contributed by atoms with van der Waals surface area (Å²) in [5.41, 5.74) is 0. The fourth-order valence-electron chi connectivity index (χ4n) is 4.12. The normalized spacial score (nSPS) is 27.6. The van der Waals surface area contributed by atoms with Crippen LogP contribution in [0.1, 0.15) is 48.7 Å². The molecule has 2 fully saturated rings. The zero-order chi connectivity index (χ0) is 15.5. The van der Waals surface area contributed by atoms with Crippen molar-refractivity contribution in [1.82, 2.24) is 10.6 Å². The van der Waals surface area contributed by atoms with E-state index in [4.69, 9.17) is 0 Å². The number of hydrogen-bond donors (Lipinski definition) is 2. The Morgan fingerprint density at radius 1 is 1.36 bits per heavy atom. The van der Waals surface area contributed by atoms with Gasteiger partial charge in [-0.1, -0.05) is 12.5 Å². The van der Waals surface area contributed by atoms with Gasteiger partial charge in [0.15, 0.2) is 0 Å². The van der Waals surface area contributed by atoms with Crippen molar-refractivity contribution < 1.29 is 9.59 Å². The zero-order valence-electron chi connectivity index (χ0n) is 13.0. The molecule has 1 aromatic rings. The van der Waals surface area contributed by atoms with Crippen LogP contribution in [0.25, 0.3) is 0 Å². The van der Waals surface area contributed by atoms with E-state index < -0.39 is 0 Å². The summed E-state index contributed by atoms with van der Waals surface area (Å²) in [5.74, 6) is 2.33. The lowest BCUT2D eigenvalue weighted by atomic mass is 9.84. The van der Waals surface area contributed by atoms with Crippen molar-refractivity contribution >= 4 is 23.2 Å². The van der Waals surface area contributed by atoms with Crippen LogP contribution in [0, 0.1) is 17.8 Å². The minimum Gasteiger partial charge on any atom is -0.353 e. The van der Waals surface area contributed by atoms with Gasteiger partial charge < -0.3 is 10.6 Å². The van der Waals surface area contributed by atoms with E-state index in [1.165, 1.54) is 37.0 Å². The van der Waals surface area contributed by atoms with Gasteiger partial charge in [-0.3, -0.25) is 9.59 Å². The highest BCUT2D eigenvalue weighted by molar-refractivity contribution is 7.12. The molecule has 0 aliphatic heterocycles. The summed E-state index contributed by atoms with van der Waals surface area (Å²) in [6.07, 6.45) is 5.72. The van der Waals surface area contributed by atoms with Crippen molar-refractivity contribution in [3.05, 3.63) is 22.4 Å². The molecule has 4 atom stereocenters. The predicted octanol–water partition coefficient (Wildman–Crippen LogP) is 2.81. The summed E-state index contributed by atoms with van der Waals surface area (Å²) in [6, 6.07) is 3.90. The predicted molar refractivity (Wildman–Crippen MR) is 87.8 cm³/mol. The first-order chi connectivity index (χ1) is 10.6. The number of fused-ring (bicyclic) bond motifs is 2. The maximum atomic E-state index is 12.0. The van der Waals surface area contributed by atoms with Crippen LogP contribution >= 0.6 is 11.3 Å². The smallest absolute Gasteiger partial charge is 0.261 e. The maximum absolute atomic E-state index is 12.0. The molecule has 0 radical (unpaired) electrons. The van der Waals surface area contributed by atoms with Gasteiger partial charge in [0.25, 0.3) is 5.91 Å². The van der Waals surface area contributed by atoms with Crippen molar-refractivity contribution in [3.8, 4) is 0 Å². The highest BCUT2D eigenvalue weighted by Crippen LogP contribution is 2.49. The van der Waals surface area contributed by atoms with E-state index in [2.05, 4.69) is 17.6 Å². The second-order valence-corrected chi connectivity index (χ2v) is 7.63. The minimum atomic E-state index is -0.0936. The maximum Gasteiger partial charge on any atom is 0.261 e. The largest absolute Gasteiger partial charge is 0.353 e. The molecule has 5 heteroatoms. The summed E-state index contributed by atoms with van der Waals surface area (Å²) in [7, 11) is 0. The van der Waals surface area contributed by atoms with Gasteiger partial charge in [0.1, 0.15) is 0 Å². The van der Waals surface area contributed by atoms with Gasteiger partial charge in [0.2, 0.25) is 5.91 Å². The fourth-order valence-corrected chi connectivity index (χ4v) is 4.76. The van der Waals surface area contributed by atoms with Crippen LogP contribution in [0.15, 0.2) is 17.5 Å². The first-order valence-corrected chi connectivity index (χ1v) is 9.12. The summed E-state index contributed by atoms with van der Waals surface area (Å²) in [4.78, 5) is 24.5. The van der Waals surface area contributed by atoms with E-state index in [-0.39, 0.29) is 17.9 Å². The van der Waals surface area contributed by atoms with Gasteiger partial charge >= 0.3 is 0 Å². The molecule has 2 amide bonds. The number of rotatable bonds is 6. The van der Waals surface area contributed by atoms with Gasteiger partial charge in [-0.2, -0.15) is 0 Å². The Kier molecular flexibility index (Phi) is 4.81. The standard InChI is InChI=1S/C17H24N2O2S/c1-11(14-10-12-4-5-13(14)9-12)19-16(20)6-7-18-17(21)15-3-2-8-22-15/h2-3,8,11-14H,4-7,9-10H2,1H3,(H,18,21)(H,19,20). The third-order valence-corrected chi connectivity index (χ3v) is 6.07. The number of carbonyl (C=O) groups is 2. The molecule has 2 aliphatic rings. The third kappa shape index (κ3) is 3.51. The first-order valence-electron chi connectivity index (χ1n) is 8.24. The molecule has 1 heterocycles. The molecule has 0 spiro atoms. The highest BCUT2D eigenvalue weighted by atomic mass is 32.1. The molecule has 3 rings (SSSR count). The van der Waals surface area contributed by atoms with Crippen molar-refractivity contribution in [2.45, 2.75) is 45.1 Å². The highest BCUT2D eigenvalue weighted by Gasteiger charge is 2.42. The topological polar surface area (TPSA) is 58.2 Å². The number of nitrogens with one attached hydrogen (secondary N) is 2. The van der Waals surface area contributed by atoms with E-state index in [0.29, 0.717) is 23.8 Å². The van der Waals surface area contributed by atoms with Crippen LogP contribution in [0.4, 0.5) is 0 Å². The molecular formula is C17H24N2O2S. The summed E-state index contributed by atoms with van der Waals surface area (Å²) in [6.45, 7) is 2.53. The molecule has 2 bridgehead atoms. The van der Waals surface area contributed by atoms with E-state index >= 15 is 0 Å². The van der Waals surface area contributed by atoms with Crippen LogP contribution < -0.4 is 10.6 Å². The van der Waals surface area contributed by atoms with E-state index in [9.17, 15) is 9.59 Å². The van der Waals surface area contributed by atoms with Crippen LogP contribution in [-0.4, -0.2) is 24.4 Å². The van der Waals surface area contributed by atoms with Crippen LogP contribution in [-0.2, 0) is 4.79 Å². The van der Waals surface area contributed by atoms with Crippen LogP contribution in [0.2, 0.25) is 0 Å². The molecule has 4 unspecified atom stereocenters. The Bertz CT molecular complexity index is 529. The second kappa shape index (κ2) is 6.82. The van der Waals surface area contributed by atoms with Crippen LogP contribution in [0.5, 0.6) is 0 Å². The first kappa shape index (κ1) is 15.5. The quantitative estimate of drug-likeness (QED) is 0.847. The summed E-state index contributed by atoms with van der Waals surface area (Å²) < 4.78 is 0. The monoisotopic (exact) mass is 320 g/mol. The molecular weight excluding hydrogens is 296 g/mol. The molecule has 1 aromatic heterocycles. The molecule has 2 aliphatic carbocycles. The number of thiophene rings is 1. The molecule has 22 heavy (non-hydrogen) atoms. The van der Waals surface area contributed by atoms with Gasteiger partial charge in [-0.25, -0.2) is 0 Å². The van der Waals surface area contributed by atoms with Gasteiger partial charge in [-0.15, -0.1) is 11.3 Å². The minimum absolute atomic E-state index is 0.0433. The lowest BCUT2D eigenvalue weighted by molar-refractivity contribution is -0.122. The van der Waals surface area contributed by atoms with Crippen molar-refractivity contribution in [2.24, 2.45) is 17.8 Å². The summed E-state index contributed by atoms with van der Waals surface area (Å²) >= 11 is 1.41. The Morgan fingerprint density at radius 3 is 2.86 bits per heavy atom. The second-order valence-electron chi connectivity index (χ2n) is 6.68. The number of amides is 2. The lowest BCUT2D eigenvalue weighted by Crippen LogP contribution is -2.41. The number of carbonyl (C=O) groups excluding carboxylic acids is 2. The molecule has 0 saturated heterocycles. The van der Waals surface area contributed by atoms with Crippen molar-refractivity contribution in [1.29, 1.82) is 0 Å². The fraction of sp³-hybridized carbons (Fsp3) is 0.647. The molecule has 2 N–H and O–H groups in total. The molecule has 2 saturated carbocycles. The zero-order valence-corrected chi connectivity index (χ0v) is 13.8. The average Bonchev–Trinajstić information content (AvgIpc) is 3.23. The van der Waals surface area contributed by atoms with Gasteiger partial charge in [0, 0.05) is 19.0 Å². The Labute approximate surface area is 135 Å². The van der Waals surface area contributed by atoms with Crippen molar-refractivity contribution in [2.75, 3.05) is 6.54 Å². The molecule has 120 valence electrons. The Hall–Kier alpha value is -1.36. The molecule has 0 aromatic carbocycles. The van der Waals surface area contributed by atoms with E-state index in [0.717, 1.165) is 11.8 Å². The third-order valence-electron chi connectivity index (χ3n) is 5.21. The van der Waals surface area contributed by atoms with Gasteiger partial charge in [0.05, 0.1) is 4.88 Å². The van der Waals surface area contributed by atoms with E-state index in [1.807, 2.05) is 11.4 Å². The lowest BCUT2D eigenvalue weighted by Gasteiger charge is -2.28. The SMILES string of the molecule is CC(NC(=O)CCNC(=O)c1cccs1)C1CC2CCC1C2. The number of hydrogen-bond acceptors (Lipinski definition) is 3. The van der Waals surface area contributed by atoms with E-state index in [1.54, 1.807) is 6.07 Å². The van der Waals surface area contributed by atoms with Crippen molar-refractivity contribution in [3.63, 3.8) is 0 Å². The van der Waals surface area contributed by atoms with Gasteiger partial charge in [-0.05, 0) is 55.4 Å². The Balaban J connectivity index is 1.36. The van der Waals surface area contributed by atoms with Crippen LogP contribution in [0.3, 0.4) is 0 Å².